The molecule has 6 heteroatoms. The second-order valence-corrected chi connectivity index (χ2v) is 6.97. The van der Waals surface area contributed by atoms with Gasteiger partial charge >= 0.3 is 0 Å². The number of benzene rings is 2. The van der Waals surface area contributed by atoms with E-state index in [1.54, 1.807) is 13.0 Å². The monoisotopic (exact) mass is 376 g/mol. The Morgan fingerprint density at radius 1 is 1.00 bits per heavy atom. The van der Waals surface area contributed by atoms with Crippen LogP contribution in [0.15, 0.2) is 65.5 Å². The molecule has 0 bridgehead atoms. The van der Waals surface area contributed by atoms with Gasteiger partial charge in [0.2, 0.25) is 5.91 Å². The van der Waals surface area contributed by atoms with Crippen molar-refractivity contribution in [3.8, 4) is 11.3 Å². The van der Waals surface area contributed by atoms with Gasteiger partial charge in [0.05, 0.1) is 5.69 Å². The van der Waals surface area contributed by atoms with Gasteiger partial charge in [-0.05, 0) is 44.2 Å². The standard InChI is InChI=1S/C22H24N4O2/c1-15-5-7-17(8-6-15)20-13-14-21(27)26(24-20)16(2)22(28)23-18-9-11-19(12-10-18)25(3)4/h5-14,16H,1-4H3,(H,23,28). The fourth-order valence-electron chi connectivity index (χ4n) is 2.78. The number of nitrogens with zero attached hydrogens (tertiary/aromatic N) is 3. The van der Waals surface area contributed by atoms with Crippen molar-refractivity contribution >= 4 is 17.3 Å². The first-order valence-electron chi connectivity index (χ1n) is 9.10. The molecule has 0 saturated carbocycles. The molecule has 0 aliphatic carbocycles. The molecule has 0 aliphatic rings. The van der Waals surface area contributed by atoms with Crippen LogP contribution >= 0.6 is 0 Å². The second-order valence-electron chi connectivity index (χ2n) is 6.97. The summed E-state index contributed by atoms with van der Waals surface area (Å²) in [6.07, 6.45) is 0. The molecule has 3 rings (SSSR count). The number of anilines is 2. The zero-order valence-corrected chi connectivity index (χ0v) is 16.5. The van der Waals surface area contributed by atoms with Crippen LogP contribution in [0.4, 0.5) is 11.4 Å². The predicted molar refractivity (Wildman–Crippen MR) is 113 cm³/mol. The number of aromatic nitrogens is 2. The summed E-state index contributed by atoms with van der Waals surface area (Å²) in [5.41, 5.74) is 4.08. The van der Waals surface area contributed by atoms with E-state index >= 15 is 0 Å². The molecule has 1 atom stereocenters. The van der Waals surface area contributed by atoms with E-state index in [9.17, 15) is 9.59 Å². The fourth-order valence-corrected chi connectivity index (χ4v) is 2.78. The number of amides is 1. The molecule has 1 N–H and O–H groups in total. The van der Waals surface area contributed by atoms with E-state index in [1.807, 2.05) is 74.4 Å². The van der Waals surface area contributed by atoms with E-state index in [1.165, 1.54) is 10.7 Å². The van der Waals surface area contributed by atoms with Crippen LogP contribution in [0, 0.1) is 6.92 Å². The molecule has 0 radical (unpaired) electrons. The van der Waals surface area contributed by atoms with Crippen molar-refractivity contribution in [1.82, 2.24) is 9.78 Å². The van der Waals surface area contributed by atoms with Crippen molar-refractivity contribution in [2.24, 2.45) is 0 Å². The smallest absolute Gasteiger partial charge is 0.267 e. The number of hydrogen-bond acceptors (Lipinski definition) is 4. The molecule has 0 aliphatic heterocycles. The third kappa shape index (κ3) is 4.28. The van der Waals surface area contributed by atoms with Gasteiger partial charge in [-0.1, -0.05) is 29.8 Å². The number of hydrogen-bond donors (Lipinski definition) is 1. The summed E-state index contributed by atoms with van der Waals surface area (Å²) < 4.78 is 1.22. The van der Waals surface area contributed by atoms with E-state index in [4.69, 9.17) is 0 Å². The molecule has 1 unspecified atom stereocenters. The van der Waals surface area contributed by atoms with Crippen molar-refractivity contribution in [1.29, 1.82) is 0 Å². The van der Waals surface area contributed by atoms with Gasteiger partial charge in [0.25, 0.3) is 5.56 Å². The third-order valence-electron chi connectivity index (χ3n) is 4.57. The van der Waals surface area contributed by atoms with Gasteiger partial charge in [0.1, 0.15) is 6.04 Å². The van der Waals surface area contributed by atoms with Crippen LogP contribution in [-0.4, -0.2) is 29.8 Å². The Kier molecular flexibility index (Phi) is 5.59. The van der Waals surface area contributed by atoms with Gasteiger partial charge in [-0.2, -0.15) is 5.10 Å². The maximum absolute atomic E-state index is 12.7. The first kappa shape index (κ1) is 19.4. The Hall–Kier alpha value is -3.41. The van der Waals surface area contributed by atoms with Crippen LogP contribution in [0.25, 0.3) is 11.3 Å². The Morgan fingerprint density at radius 3 is 2.25 bits per heavy atom. The number of rotatable bonds is 5. The largest absolute Gasteiger partial charge is 0.378 e. The number of aryl methyl sites for hydroxylation is 1. The summed E-state index contributed by atoms with van der Waals surface area (Å²) in [4.78, 5) is 26.9. The van der Waals surface area contributed by atoms with Crippen LogP contribution in [0.1, 0.15) is 18.5 Å². The predicted octanol–water partition coefficient (Wildman–Crippen LogP) is 3.48. The van der Waals surface area contributed by atoms with Gasteiger partial charge in [0.15, 0.2) is 0 Å². The molecule has 1 heterocycles. The highest BCUT2D eigenvalue weighted by Crippen LogP contribution is 2.19. The highest BCUT2D eigenvalue weighted by atomic mass is 16.2. The topological polar surface area (TPSA) is 67.2 Å². The molecule has 1 amide bonds. The first-order valence-corrected chi connectivity index (χ1v) is 9.10. The number of carbonyl (C=O) groups is 1. The minimum absolute atomic E-state index is 0.298. The second kappa shape index (κ2) is 8.08. The summed E-state index contributed by atoms with van der Waals surface area (Å²) in [5.74, 6) is -0.298. The highest BCUT2D eigenvalue weighted by molar-refractivity contribution is 5.93. The average molecular weight is 376 g/mol. The Bertz CT molecular complexity index is 1020. The zero-order chi connectivity index (χ0) is 20.3. The van der Waals surface area contributed by atoms with Crippen molar-refractivity contribution in [2.75, 3.05) is 24.3 Å². The summed E-state index contributed by atoms with van der Waals surface area (Å²) >= 11 is 0. The molecule has 0 spiro atoms. The fraction of sp³-hybridized carbons (Fsp3) is 0.227. The quantitative estimate of drug-likeness (QED) is 0.740. The highest BCUT2D eigenvalue weighted by Gasteiger charge is 2.18. The van der Waals surface area contributed by atoms with E-state index < -0.39 is 6.04 Å². The number of nitrogens with one attached hydrogen (secondary N) is 1. The Balaban J connectivity index is 1.81. The molecular weight excluding hydrogens is 352 g/mol. The molecule has 0 fully saturated rings. The minimum Gasteiger partial charge on any atom is -0.378 e. The molecule has 2 aromatic carbocycles. The van der Waals surface area contributed by atoms with Gasteiger partial charge in [-0.25, -0.2) is 4.68 Å². The molecule has 1 aromatic heterocycles. The van der Waals surface area contributed by atoms with Crippen molar-refractivity contribution in [3.63, 3.8) is 0 Å². The first-order chi connectivity index (χ1) is 13.3. The molecule has 144 valence electrons. The lowest BCUT2D eigenvalue weighted by atomic mass is 10.1. The van der Waals surface area contributed by atoms with Crippen LogP contribution in [0.2, 0.25) is 0 Å². The molecule has 28 heavy (non-hydrogen) atoms. The average Bonchev–Trinajstić information content (AvgIpc) is 2.69. The molecule has 0 saturated heterocycles. The lowest BCUT2D eigenvalue weighted by Crippen LogP contribution is -2.33. The van der Waals surface area contributed by atoms with Crippen LogP contribution in [0.3, 0.4) is 0 Å². The summed E-state index contributed by atoms with van der Waals surface area (Å²) in [5, 5.41) is 7.25. The van der Waals surface area contributed by atoms with Crippen molar-refractivity contribution in [3.05, 3.63) is 76.6 Å². The van der Waals surface area contributed by atoms with Gasteiger partial charge < -0.3 is 10.2 Å². The maximum atomic E-state index is 12.7. The van der Waals surface area contributed by atoms with Crippen LogP contribution in [0.5, 0.6) is 0 Å². The van der Waals surface area contributed by atoms with Gasteiger partial charge in [-0.15, -0.1) is 0 Å². The summed E-state index contributed by atoms with van der Waals surface area (Å²) in [6, 6.07) is 17.7. The van der Waals surface area contributed by atoms with E-state index in [0.29, 0.717) is 11.4 Å². The number of carbonyl (C=O) groups excluding carboxylic acids is 1. The molecular formula is C22H24N4O2. The van der Waals surface area contributed by atoms with E-state index in [2.05, 4.69) is 10.4 Å². The lowest BCUT2D eigenvalue weighted by molar-refractivity contribution is -0.119. The van der Waals surface area contributed by atoms with Crippen LogP contribution < -0.4 is 15.8 Å². The summed E-state index contributed by atoms with van der Waals surface area (Å²) in [6.45, 7) is 3.67. The van der Waals surface area contributed by atoms with E-state index in [-0.39, 0.29) is 11.5 Å². The minimum atomic E-state index is -0.744. The lowest BCUT2D eigenvalue weighted by Gasteiger charge is -2.16. The van der Waals surface area contributed by atoms with Crippen LogP contribution in [-0.2, 0) is 4.79 Å². The van der Waals surface area contributed by atoms with Crippen molar-refractivity contribution < 1.29 is 4.79 Å². The van der Waals surface area contributed by atoms with Gasteiger partial charge in [-0.3, -0.25) is 9.59 Å². The normalized spacial score (nSPS) is 11.7. The molecule has 3 aromatic rings. The Labute approximate surface area is 164 Å². The summed E-state index contributed by atoms with van der Waals surface area (Å²) in [7, 11) is 3.91. The van der Waals surface area contributed by atoms with E-state index in [0.717, 1.165) is 16.8 Å². The molecule has 6 nitrogen and oxygen atoms in total. The zero-order valence-electron chi connectivity index (χ0n) is 16.5. The third-order valence-corrected chi connectivity index (χ3v) is 4.57. The Morgan fingerprint density at radius 2 is 1.64 bits per heavy atom. The van der Waals surface area contributed by atoms with Crippen molar-refractivity contribution in [2.45, 2.75) is 19.9 Å². The SMILES string of the molecule is Cc1ccc(-c2ccc(=O)n(C(C)C(=O)Nc3ccc(N(C)C)cc3)n2)cc1. The van der Waals surface area contributed by atoms with Gasteiger partial charge in [0, 0.05) is 37.1 Å². The maximum Gasteiger partial charge on any atom is 0.267 e.